The van der Waals surface area contributed by atoms with E-state index in [-0.39, 0.29) is 11.8 Å². The minimum atomic E-state index is -0.487. The van der Waals surface area contributed by atoms with E-state index >= 15 is 0 Å². The molecule has 0 saturated heterocycles. The zero-order valence-corrected chi connectivity index (χ0v) is 13.7. The quantitative estimate of drug-likeness (QED) is 0.794. The number of anilines is 1. The molecule has 4 N–H and O–H groups in total. The Balaban J connectivity index is 2.29. The normalized spacial score (nSPS) is 13.9. The van der Waals surface area contributed by atoms with Gasteiger partial charge in [0.25, 0.3) is 5.91 Å². The predicted molar refractivity (Wildman–Crippen MR) is 85.8 cm³/mol. The van der Waals surface area contributed by atoms with Crippen molar-refractivity contribution in [3.8, 4) is 0 Å². The first-order chi connectivity index (χ1) is 9.84. The average molecular weight is 309 g/mol. The van der Waals surface area contributed by atoms with Crippen LogP contribution in [0.25, 0.3) is 0 Å². The van der Waals surface area contributed by atoms with Crippen LogP contribution in [0.1, 0.15) is 48.0 Å². The SMILES string of the molecule is CC(C)(C)C(=O)Nc1sc2c(c1C(=O)NCCN)CCC2. The maximum absolute atomic E-state index is 12.4. The third-order valence-corrected chi connectivity index (χ3v) is 4.69. The topological polar surface area (TPSA) is 84.2 Å². The zero-order chi connectivity index (χ0) is 15.6. The predicted octanol–water partition coefficient (Wildman–Crippen LogP) is 1.91. The Morgan fingerprint density at radius 2 is 2.00 bits per heavy atom. The molecule has 1 heterocycles. The molecule has 0 aromatic carbocycles. The van der Waals surface area contributed by atoms with Gasteiger partial charge in [-0.05, 0) is 24.8 Å². The van der Waals surface area contributed by atoms with Crippen LogP contribution in [0.3, 0.4) is 0 Å². The molecule has 1 aliphatic rings. The molecule has 0 saturated carbocycles. The number of hydrogen-bond acceptors (Lipinski definition) is 4. The van der Waals surface area contributed by atoms with E-state index in [1.807, 2.05) is 20.8 Å². The van der Waals surface area contributed by atoms with Gasteiger partial charge in [0, 0.05) is 23.4 Å². The van der Waals surface area contributed by atoms with Gasteiger partial charge in [0.15, 0.2) is 0 Å². The maximum atomic E-state index is 12.4. The Morgan fingerprint density at radius 3 is 2.62 bits per heavy atom. The van der Waals surface area contributed by atoms with Gasteiger partial charge in [0.1, 0.15) is 5.00 Å². The van der Waals surface area contributed by atoms with Crippen molar-refractivity contribution in [2.75, 3.05) is 18.4 Å². The molecule has 6 heteroatoms. The number of rotatable bonds is 4. The number of amides is 2. The lowest BCUT2D eigenvalue weighted by atomic mass is 9.95. The summed E-state index contributed by atoms with van der Waals surface area (Å²) in [5.74, 6) is -0.209. The van der Waals surface area contributed by atoms with Gasteiger partial charge in [-0.3, -0.25) is 9.59 Å². The van der Waals surface area contributed by atoms with Gasteiger partial charge < -0.3 is 16.4 Å². The Morgan fingerprint density at radius 1 is 1.29 bits per heavy atom. The van der Waals surface area contributed by atoms with Crippen molar-refractivity contribution in [2.24, 2.45) is 11.1 Å². The molecule has 1 aliphatic carbocycles. The Bertz CT molecular complexity index is 558. The summed E-state index contributed by atoms with van der Waals surface area (Å²) in [5.41, 5.74) is 6.68. The fraction of sp³-hybridized carbons (Fsp3) is 0.600. The van der Waals surface area contributed by atoms with Gasteiger partial charge in [0.05, 0.1) is 5.56 Å². The largest absolute Gasteiger partial charge is 0.351 e. The minimum Gasteiger partial charge on any atom is -0.351 e. The first-order valence-corrected chi connectivity index (χ1v) is 8.10. The summed E-state index contributed by atoms with van der Waals surface area (Å²) < 4.78 is 0. The zero-order valence-electron chi connectivity index (χ0n) is 12.8. The summed E-state index contributed by atoms with van der Waals surface area (Å²) >= 11 is 1.53. The third-order valence-electron chi connectivity index (χ3n) is 3.49. The highest BCUT2D eigenvalue weighted by Gasteiger charge is 2.29. The number of nitrogens with one attached hydrogen (secondary N) is 2. The summed E-state index contributed by atoms with van der Waals surface area (Å²) in [6.45, 7) is 6.42. The van der Waals surface area contributed by atoms with Crippen molar-refractivity contribution in [2.45, 2.75) is 40.0 Å². The average Bonchev–Trinajstić information content (AvgIpc) is 2.94. The van der Waals surface area contributed by atoms with Crippen molar-refractivity contribution in [1.82, 2.24) is 5.32 Å². The molecule has 0 aliphatic heterocycles. The number of thiophene rings is 1. The Labute approximate surface area is 129 Å². The van der Waals surface area contributed by atoms with Crippen LogP contribution in [0.5, 0.6) is 0 Å². The monoisotopic (exact) mass is 309 g/mol. The van der Waals surface area contributed by atoms with Crippen LogP contribution in [-0.2, 0) is 17.6 Å². The highest BCUT2D eigenvalue weighted by molar-refractivity contribution is 7.17. The third kappa shape index (κ3) is 3.44. The van der Waals surface area contributed by atoms with E-state index in [2.05, 4.69) is 10.6 Å². The minimum absolute atomic E-state index is 0.0738. The summed E-state index contributed by atoms with van der Waals surface area (Å²) in [7, 11) is 0. The Hall–Kier alpha value is -1.40. The highest BCUT2D eigenvalue weighted by Crippen LogP contribution is 2.39. The van der Waals surface area contributed by atoms with Crippen LogP contribution in [0, 0.1) is 5.41 Å². The van der Waals surface area contributed by atoms with E-state index in [4.69, 9.17) is 5.73 Å². The molecular weight excluding hydrogens is 286 g/mol. The Kier molecular flexibility index (Phi) is 4.68. The van der Waals surface area contributed by atoms with Crippen LogP contribution in [0.15, 0.2) is 0 Å². The van der Waals surface area contributed by atoms with Gasteiger partial charge in [-0.25, -0.2) is 0 Å². The molecule has 1 aromatic heterocycles. The summed E-state index contributed by atoms with van der Waals surface area (Å²) in [4.78, 5) is 25.8. The smallest absolute Gasteiger partial charge is 0.254 e. The van der Waals surface area contributed by atoms with Crippen molar-refractivity contribution in [1.29, 1.82) is 0 Å². The maximum Gasteiger partial charge on any atom is 0.254 e. The standard InChI is InChI=1S/C15H23N3O2S/c1-15(2,3)14(20)18-13-11(12(19)17-8-7-16)9-5-4-6-10(9)21-13/h4-8,16H2,1-3H3,(H,17,19)(H,18,20). The number of carbonyl (C=O) groups excluding carboxylic acids is 2. The lowest BCUT2D eigenvalue weighted by Gasteiger charge is -2.18. The van der Waals surface area contributed by atoms with Gasteiger partial charge in [-0.1, -0.05) is 20.8 Å². The molecule has 0 radical (unpaired) electrons. The number of nitrogens with two attached hydrogens (primary N) is 1. The molecule has 0 unspecified atom stereocenters. The van der Waals surface area contributed by atoms with Crippen molar-refractivity contribution in [3.05, 3.63) is 16.0 Å². The molecule has 0 fully saturated rings. The second kappa shape index (κ2) is 6.15. The summed E-state index contributed by atoms with van der Waals surface area (Å²) in [5, 5.41) is 6.41. The number of hydrogen-bond donors (Lipinski definition) is 3. The first kappa shape index (κ1) is 16.0. The van der Waals surface area contributed by atoms with E-state index in [9.17, 15) is 9.59 Å². The van der Waals surface area contributed by atoms with Crippen molar-refractivity contribution in [3.63, 3.8) is 0 Å². The number of fused-ring (bicyclic) bond motifs is 1. The van der Waals surface area contributed by atoms with E-state index in [1.165, 1.54) is 16.2 Å². The molecule has 0 atom stereocenters. The van der Waals surface area contributed by atoms with Crippen LogP contribution in [0.2, 0.25) is 0 Å². The van der Waals surface area contributed by atoms with E-state index in [0.717, 1.165) is 24.8 Å². The molecule has 21 heavy (non-hydrogen) atoms. The second-order valence-electron chi connectivity index (χ2n) is 6.31. The van der Waals surface area contributed by atoms with E-state index in [1.54, 1.807) is 0 Å². The molecule has 116 valence electrons. The van der Waals surface area contributed by atoms with Crippen molar-refractivity contribution < 1.29 is 9.59 Å². The molecule has 2 amide bonds. The van der Waals surface area contributed by atoms with Gasteiger partial charge >= 0.3 is 0 Å². The molecule has 0 bridgehead atoms. The summed E-state index contributed by atoms with van der Waals surface area (Å²) in [6, 6.07) is 0. The second-order valence-corrected chi connectivity index (χ2v) is 7.42. The van der Waals surface area contributed by atoms with Gasteiger partial charge in [-0.15, -0.1) is 11.3 Å². The molecule has 2 rings (SSSR count). The molecular formula is C15H23N3O2S. The fourth-order valence-electron chi connectivity index (χ4n) is 2.30. The van der Waals surface area contributed by atoms with Crippen LogP contribution >= 0.6 is 11.3 Å². The van der Waals surface area contributed by atoms with E-state index in [0.29, 0.717) is 23.7 Å². The molecule has 1 aromatic rings. The van der Waals surface area contributed by atoms with E-state index < -0.39 is 5.41 Å². The van der Waals surface area contributed by atoms with Crippen molar-refractivity contribution >= 4 is 28.2 Å². The number of aryl methyl sites for hydroxylation is 1. The highest BCUT2D eigenvalue weighted by atomic mass is 32.1. The van der Waals surface area contributed by atoms with Gasteiger partial charge in [-0.2, -0.15) is 0 Å². The van der Waals surface area contributed by atoms with Crippen LogP contribution in [0.4, 0.5) is 5.00 Å². The van der Waals surface area contributed by atoms with Crippen LogP contribution in [-0.4, -0.2) is 24.9 Å². The van der Waals surface area contributed by atoms with Crippen LogP contribution < -0.4 is 16.4 Å². The first-order valence-electron chi connectivity index (χ1n) is 7.29. The lowest BCUT2D eigenvalue weighted by molar-refractivity contribution is -0.123. The fourth-order valence-corrected chi connectivity index (χ4v) is 3.58. The summed E-state index contributed by atoms with van der Waals surface area (Å²) in [6.07, 6.45) is 2.97. The molecule has 5 nitrogen and oxygen atoms in total. The van der Waals surface area contributed by atoms with Gasteiger partial charge in [0.2, 0.25) is 5.91 Å². The number of carbonyl (C=O) groups is 2. The lowest BCUT2D eigenvalue weighted by Crippen LogP contribution is -2.31. The molecule has 0 spiro atoms.